The Kier molecular flexibility index (Phi) is 6.31. The van der Waals surface area contributed by atoms with E-state index in [2.05, 4.69) is 0 Å². The van der Waals surface area contributed by atoms with Crippen molar-refractivity contribution < 1.29 is 29.0 Å². The highest BCUT2D eigenvalue weighted by molar-refractivity contribution is 6.06. The second-order valence-corrected chi connectivity index (χ2v) is 11.0. The maximum Gasteiger partial charge on any atom is 0.253 e. The summed E-state index contributed by atoms with van der Waals surface area (Å²) in [5.41, 5.74) is -1.17. The lowest BCUT2D eigenvalue weighted by molar-refractivity contribution is -0.151. The van der Waals surface area contributed by atoms with Gasteiger partial charge in [-0.2, -0.15) is 0 Å². The van der Waals surface area contributed by atoms with Crippen molar-refractivity contribution in [1.82, 2.24) is 9.80 Å². The second kappa shape index (κ2) is 9.60. The molecular weight excluding hydrogens is 510 g/mol. The average molecular weight is 544 g/mol. The van der Waals surface area contributed by atoms with E-state index in [1.54, 1.807) is 48.2 Å². The van der Waals surface area contributed by atoms with Gasteiger partial charge in [0.05, 0.1) is 37.2 Å². The molecule has 4 aliphatic rings. The van der Waals surface area contributed by atoms with Crippen LogP contribution in [0.2, 0.25) is 0 Å². The molecule has 1 spiro atoms. The number of methoxy groups -OCH3 is 1. The summed E-state index contributed by atoms with van der Waals surface area (Å²) in [6.45, 7) is 2.07. The largest absolute Gasteiger partial charge is 0.497 e. The van der Waals surface area contributed by atoms with E-state index >= 15 is 0 Å². The minimum atomic E-state index is -1.41. The molecule has 6 rings (SSSR count). The summed E-state index contributed by atoms with van der Waals surface area (Å²) in [5.74, 6) is -2.06. The van der Waals surface area contributed by atoms with Gasteiger partial charge in [-0.25, -0.2) is 0 Å². The molecule has 4 aliphatic heterocycles. The summed E-state index contributed by atoms with van der Waals surface area (Å²) in [4.78, 5) is 47.7. The molecule has 1 N–H and O–H groups in total. The number of carbonyl (C=O) groups excluding carboxylic acids is 3. The number of hydrogen-bond acceptors (Lipinski definition) is 6. The fraction of sp³-hybridized carbons (Fsp3) is 0.387. The number of fused-ring (bicyclic) bond motifs is 2. The zero-order chi connectivity index (χ0) is 28.2. The lowest BCUT2D eigenvalue weighted by atomic mass is 9.74. The number of rotatable bonds is 5. The van der Waals surface area contributed by atoms with Crippen LogP contribution in [0.3, 0.4) is 0 Å². The van der Waals surface area contributed by atoms with Gasteiger partial charge in [-0.3, -0.25) is 14.4 Å². The fourth-order valence-corrected chi connectivity index (χ4v) is 6.94. The molecule has 0 saturated carbocycles. The summed E-state index contributed by atoms with van der Waals surface area (Å²) in [7, 11) is 3.28. The summed E-state index contributed by atoms with van der Waals surface area (Å²) in [6, 6.07) is 14.4. The monoisotopic (exact) mass is 543 g/mol. The van der Waals surface area contributed by atoms with Crippen molar-refractivity contribution in [3.63, 3.8) is 0 Å². The Morgan fingerprint density at radius 2 is 1.65 bits per heavy atom. The molecule has 3 amide bonds. The van der Waals surface area contributed by atoms with E-state index in [0.717, 1.165) is 0 Å². The van der Waals surface area contributed by atoms with Crippen molar-refractivity contribution in [2.24, 2.45) is 11.8 Å². The topological polar surface area (TPSA) is 99.6 Å². The second-order valence-electron chi connectivity index (χ2n) is 11.0. The van der Waals surface area contributed by atoms with E-state index in [-0.39, 0.29) is 24.3 Å². The lowest BCUT2D eigenvalue weighted by Crippen LogP contribution is -2.57. The zero-order valence-corrected chi connectivity index (χ0v) is 22.8. The van der Waals surface area contributed by atoms with Crippen LogP contribution in [-0.4, -0.2) is 83.7 Å². The first kappa shape index (κ1) is 26.3. The highest BCUT2D eigenvalue weighted by Gasteiger charge is 2.75. The summed E-state index contributed by atoms with van der Waals surface area (Å²) >= 11 is 0. The third kappa shape index (κ3) is 3.72. The predicted molar refractivity (Wildman–Crippen MR) is 147 cm³/mol. The molecule has 0 radical (unpaired) electrons. The van der Waals surface area contributed by atoms with E-state index < -0.39 is 41.7 Å². The fourth-order valence-electron chi connectivity index (χ4n) is 6.94. The van der Waals surface area contributed by atoms with Crippen LogP contribution < -0.4 is 9.64 Å². The van der Waals surface area contributed by atoms with Gasteiger partial charge in [-0.1, -0.05) is 54.6 Å². The quantitative estimate of drug-likeness (QED) is 0.582. The van der Waals surface area contributed by atoms with Crippen molar-refractivity contribution in [3.05, 3.63) is 84.5 Å². The van der Waals surface area contributed by atoms with Gasteiger partial charge >= 0.3 is 0 Å². The first-order valence-corrected chi connectivity index (χ1v) is 13.5. The standard InChI is InChI=1S/C31H33N3O6/c1-30-15-7-17-32(2)27(36)24(30)25-28(37)34(23(19-35)20-9-5-4-6-10-20)26-29(38)33(18-8-16-31(25,26)40-30)21-11-13-22(39-3)14-12-21/h4-16,23-26,35H,17-19H2,1-3H3/t23-,24+,25+,26?,30-,31+/m1/s1. The SMILES string of the molecule is COc1ccc(N2CC=C[C@]34O[C@]5(C)C=CCN(C)C(=O)[C@@H]5[C@H]3C(=O)N([C@H](CO)c3ccccc3)C4C2=O)cc1. The van der Waals surface area contributed by atoms with E-state index in [4.69, 9.17) is 9.47 Å². The Labute approximate surface area is 233 Å². The molecule has 0 bridgehead atoms. The number of hydrogen-bond donors (Lipinski definition) is 1. The van der Waals surface area contributed by atoms with E-state index in [0.29, 0.717) is 23.5 Å². The number of benzene rings is 2. The molecule has 40 heavy (non-hydrogen) atoms. The number of amides is 3. The van der Waals surface area contributed by atoms with Crippen LogP contribution in [0, 0.1) is 11.8 Å². The molecule has 2 fully saturated rings. The molecule has 6 atom stereocenters. The molecule has 9 heteroatoms. The zero-order valence-electron chi connectivity index (χ0n) is 22.8. The molecule has 0 aromatic heterocycles. The highest BCUT2D eigenvalue weighted by Crippen LogP contribution is 2.58. The number of aliphatic hydroxyl groups excluding tert-OH is 1. The summed E-state index contributed by atoms with van der Waals surface area (Å²) in [6.07, 6.45) is 7.38. The Bertz CT molecular complexity index is 1390. The van der Waals surface area contributed by atoms with Crippen LogP contribution in [0.5, 0.6) is 5.75 Å². The Hall–Kier alpha value is -3.95. The molecule has 9 nitrogen and oxygen atoms in total. The molecule has 208 valence electrons. The number of anilines is 1. The third-order valence-corrected chi connectivity index (χ3v) is 8.77. The normalized spacial score (nSPS) is 31.9. The van der Waals surface area contributed by atoms with Crippen molar-refractivity contribution in [1.29, 1.82) is 0 Å². The first-order valence-electron chi connectivity index (χ1n) is 13.5. The van der Waals surface area contributed by atoms with Crippen LogP contribution in [0.4, 0.5) is 5.69 Å². The van der Waals surface area contributed by atoms with E-state index in [1.807, 2.05) is 61.6 Å². The average Bonchev–Trinajstić information content (AvgIpc) is 3.24. The van der Waals surface area contributed by atoms with E-state index in [1.165, 1.54) is 4.90 Å². The van der Waals surface area contributed by atoms with Gasteiger partial charge in [0.15, 0.2) is 0 Å². The Balaban J connectivity index is 1.53. The highest BCUT2D eigenvalue weighted by atomic mass is 16.5. The Morgan fingerprint density at radius 3 is 2.33 bits per heavy atom. The minimum absolute atomic E-state index is 0.208. The Morgan fingerprint density at radius 1 is 0.950 bits per heavy atom. The van der Waals surface area contributed by atoms with Gasteiger partial charge < -0.3 is 29.3 Å². The van der Waals surface area contributed by atoms with Crippen LogP contribution in [-0.2, 0) is 19.1 Å². The van der Waals surface area contributed by atoms with Gasteiger partial charge in [-0.15, -0.1) is 0 Å². The van der Waals surface area contributed by atoms with Gasteiger partial charge in [0.2, 0.25) is 11.8 Å². The summed E-state index contributed by atoms with van der Waals surface area (Å²) < 4.78 is 12.1. The number of aliphatic hydroxyl groups is 1. The van der Waals surface area contributed by atoms with Crippen LogP contribution in [0.15, 0.2) is 78.9 Å². The molecule has 4 heterocycles. The minimum Gasteiger partial charge on any atom is -0.497 e. The predicted octanol–water partition coefficient (Wildman–Crippen LogP) is 2.33. The maximum absolute atomic E-state index is 14.6. The lowest BCUT2D eigenvalue weighted by Gasteiger charge is -2.40. The van der Waals surface area contributed by atoms with E-state index in [9.17, 15) is 19.5 Å². The van der Waals surface area contributed by atoms with Crippen molar-refractivity contribution in [2.75, 3.05) is 38.8 Å². The van der Waals surface area contributed by atoms with Gasteiger partial charge in [0.25, 0.3) is 5.91 Å². The first-order chi connectivity index (χ1) is 19.3. The number of carbonyl (C=O) groups is 3. The van der Waals surface area contributed by atoms with Crippen molar-refractivity contribution in [2.45, 2.75) is 30.2 Å². The molecule has 2 aromatic rings. The van der Waals surface area contributed by atoms with Gasteiger partial charge in [0.1, 0.15) is 17.4 Å². The van der Waals surface area contributed by atoms with Crippen LogP contribution in [0.25, 0.3) is 0 Å². The van der Waals surface area contributed by atoms with Crippen molar-refractivity contribution in [3.8, 4) is 5.75 Å². The van der Waals surface area contributed by atoms with Crippen LogP contribution in [0.1, 0.15) is 18.5 Å². The van der Waals surface area contributed by atoms with Crippen molar-refractivity contribution >= 4 is 23.4 Å². The maximum atomic E-state index is 14.6. The smallest absolute Gasteiger partial charge is 0.253 e. The molecular formula is C31H33N3O6. The molecule has 2 aromatic carbocycles. The molecule has 2 saturated heterocycles. The number of likely N-dealkylation sites (tertiary alicyclic amines) is 1. The van der Waals surface area contributed by atoms with Gasteiger partial charge in [0, 0.05) is 25.8 Å². The number of likely N-dealkylation sites (N-methyl/N-ethyl adjacent to an activating group) is 1. The molecule has 1 unspecified atom stereocenters. The summed E-state index contributed by atoms with van der Waals surface area (Å²) in [5, 5.41) is 10.7. The van der Waals surface area contributed by atoms with Crippen LogP contribution >= 0.6 is 0 Å². The molecule has 0 aliphatic carbocycles. The van der Waals surface area contributed by atoms with Gasteiger partial charge in [-0.05, 0) is 36.8 Å². The third-order valence-electron chi connectivity index (χ3n) is 8.77. The number of ether oxygens (including phenoxy) is 2. The number of nitrogens with zero attached hydrogens (tertiary/aromatic N) is 3.